The summed E-state index contributed by atoms with van der Waals surface area (Å²) >= 11 is 6.22. The van der Waals surface area contributed by atoms with Crippen LogP contribution < -0.4 is 19.3 Å². The van der Waals surface area contributed by atoms with Crippen LogP contribution in [-0.2, 0) is 9.59 Å². The minimum absolute atomic E-state index is 0.00652. The summed E-state index contributed by atoms with van der Waals surface area (Å²) in [5.41, 5.74) is 2.28. The van der Waals surface area contributed by atoms with Crippen LogP contribution in [0.25, 0.3) is 5.76 Å². The minimum atomic E-state index is -0.881. The van der Waals surface area contributed by atoms with Gasteiger partial charge in [-0.15, -0.1) is 0 Å². The summed E-state index contributed by atoms with van der Waals surface area (Å²) in [4.78, 5) is 30.2. The summed E-state index contributed by atoms with van der Waals surface area (Å²) in [5, 5.41) is 11.9. The number of likely N-dealkylation sites (N-methyl/N-ethyl adjacent to an activating group) is 1. The second-order valence-corrected chi connectivity index (χ2v) is 9.04. The molecule has 184 valence electrons. The maximum Gasteiger partial charge on any atom is 0.300 e. The molecule has 36 heavy (non-hydrogen) atoms. The highest BCUT2D eigenvalue weighted by Crippen LogP contribution is 2.44. The number of rotatable bonds is 5. The molecule has 3 aromatic rings. The molecule has 7 nitrogen and oxygen atoms in total. The number of aliphatic hydroxyl groups is 1. The van der Waals surface area contributed by atoms with Crippen LogP contribution in [-0.4, -0.2) is 43.6 Å². The molecule has 1 amide bonds. The van der Waals surface area contributed by atoms with E-state index in [9.17, 15) is 14.7 Å². The Morgan fingerprint density at radius 1 is 1.11 bits per heavy atom. The maximum atomic E-state index is 13.4. The number of fused-ring (bicyclic) bond motifs is 1. The largest absolute Gasteiger partial charge is 0.507 e. The van der Waals surface area contributed by atoms with E-state index in [4.69, 9.17) is 21.1 Å². The molecule has 2 aliphatic rings. The van der Waals surface area contributed by atoms with Gasteiger partial charge in [0, 0.05) is 23.3 Å². The van der Waals surface area contributed by atoms with Crippen molar-refractivity contribution in [3.8, 4) is 11.5 Å². The molecule has 2 heterocycles. The lowest BCUT2D eigenvalue weighted by molar-refractivity contribution is -0.132. The number of aliphatic hydroxyl groups excluding tert-OH is 1. The number of hydrogen-bond acceptors (Lipinski definition) is 6. The van der Waals surface area contributed by atoms with E-state index in [2.05, 4.69) is 0 Å². The first-order valence-electron chi connectivity index (χ1n) is 11.7. The average Bonchev–Trinajstić information content (AvgIpc) is 3.14. The molecule has 3 aromatic carbocycles. The third kappa shape index (κ3) is 4.16. The SMILES string of the molecule is CCOc1cccc(C2/C(=C(/O)c3ccc4c(c3)N(C)CCO4)C(=O)C(=O)N2c2cccc(Cl)c2)c1. The highest BCUT2D eigenvalue weighted by atomic mass is 35.5. The van der Waals surface area contributed by atoms with E-state index in [-0.39, 0.29) is 11.3 Å². The van der Waals surface area contributed by atoms with E-state index < -0.39 is 17.7 Å². The van der Waals surface area contributed by atoms with E-state index in [1.165, 1.54) is 4.90 Å². The molecule has 8 heteroatoms. The van der Waals surface area contributed by atoms with E-state index in [0.29, 0.717) is 53.1 Å². The number of ether oxygens (including phenoxy) is 2. The summed E-state index contributed by atoms with van der Waals surface area (Å²) in [7, 11) is 1.93. The van der Waals surface area contributed by atoms with Gasteiger partial charge >= 0.3 is 0 Å². The zero-order chi connectivity index (χ0) is 25.4. The predicted octanol–water partition coefficient (Wildman–Crippen LogP) is 5.19. The van der Waals surface area contributed by atoms with Crippen molar-refractivity contribution in [1.82, 2.24) is 0 Å². The standard InChI is InChI=1S/C28H25ClN2O5/c1-3-35-21-9-4-6-17(14-21)25-24(27(33)28(34)31(25)20-8-5-7-19(29)16-20)26(32)18-10-11-23-22(15-18)30(2)12-13-36-23/h4-11,14-16,25,32H,3,12-13H2,1-2H3/b26-24-. The fourth-order valence-electron chi connectivity index (χ4n) is 4.63. The van der Waals surface area contributed by atoms with Gasteiger partial charge in [-0.05, 0) is 61.0 Å². The molecule has 1 unspecified atom stereocenters. The van der Waals surface area contributed by atoms with E-state index in [0.717, 1.165) is 5.69 Å². The molecule has 0 saturated carbocycles. The first-order chi connectivity index (χ1) is 17.4. The summed E-state index contributed by atoms with van der Waals surface area (Å²) in [6.45, 7) is 3.60. The molecule has 1 saturated heterocycles. The maximum absolute atomic E-state index is 13.4. The monoisotopic (exact) mass is 504 g/mol. The van der Waals surface area contributed by atoms with Crippen LogP contribution in [0, 0.1) is 0 Å². The fraction of sp³-hybridized carbons (Fsp3) is 0.214. The molecule has 0 aromatic heterocycles. The molecule has 1 fully saturated rings. The molecule has 0 radical (unpaired) electrons. The third-order valence-corrected chi connectivity index (χ3v) is 6.58. The Morgan fingerprint density at radius 3 is 2.69 bits per heavy atom. The number of nitrogens with zero attached hydrogens (tertiary/aromatic N) is 2. The van der Waals surface area contributed by atoms with Gasteiger partial charge < -0.3 is 19.5 Å². The van der Waals surface area contributed by atoms with E-state index >= 15 is 0 Å². The Hall–Kier alpha value is -3.97. The molecule has 2 aliphatic heterocycles. The average molecular weight is 505 g/mol. The number of amides is 1. The van der Waals surface area contributed by atoms with Crippen molar-refractivity contribution in [3.05, 3.63) is 88.5 Å². The van der Waals surface area contributed by atoms with Crippen molar-refractivity contribution in [2.45, 2.75) is 13.0 Å². The number of ketones is 1. The Morgan fingerprint density at radius 2 is 1.92 bits per heavy atom. The molecular formula is C28H25ClN2O5. The highest BCUT2D eigenvalue weighted by Gasteiger charge is 2.47. The Balaban J connectivity index is 1.70. The minimum Gasteiger partial charge on any atom is -0.507 e. The molecule has 1 N–H and O–H groups in total. The topological polar surface area (TPSA) is 79.3 Å². The second-order valence-electron chi connectivity index (χ2n) is 8.61. The van der Waals surface area contributed by atoms with Crippen LogP contribution >= 0.6 is 11.6 Å². The number of carbonyl (C=O) groups is 2. The van der Waals surface area contributed by atoms with Crippen molar-refractivity contribution < 1.29 is 24.2 Å². The number of Topliss-reactive ketones (excluding diaryl/α,β-unsaturated/α-hetero) is 1. The van der Waals surface area contributed by atoms with Crippen LogP contribution in [0.1, 0.15) is 24.1 Å². The van der Waals surface area contributed by atoms with Gasteiger partial charge in [-0.25, -0.2) is 0 Å². The lowest BCUT2D eigenvalue weighted by atomic mass is 9.94. The zero-order valence-corrected chi connectivity index (χ0v) is 20.7. The summed E-state index contributed by atoms with van der Waals surface area (Å²) in [5.74, 6) is -0.489. The molecule has 0 aliphatic carbocycles. The molecule has 5 rings (SSSR count). The van der Waals surface area contributed by atoms with Gasteiger partial charge in [-0.2, -0.15) is 0 Å². The van der Waals surface area contributed by atoms with E-state index in [1.807, 2.05) is 18.9 Å². The van der Waals surface area contributed by atoms with Crippen LogP contribution in [0.3, 0.4) is 0 Å². The second kappa shape index (κ2) is 9.59. The van der Waals surface area contributed by atoms with Crippen LogP contribution in [0.2, 0.25) is 5.02 Å². The highest BCUT2D eigenvalue weighted by molar-refractivity contribution is 6.51. The summed E-state index contributed by atoms with van der Waals surface area (Å²) < 4.78 is 11.4. The van der Waals surface area contributed by atoms with E-state index in [1.54, 1.807) is 66.7 Å². The lowest BCUT2D eigenvalue weighted by Crippen LogP contribution is -2.29. The zero-order valence-electron chi connectivity index (χ0n) is 19.9. The van der Waals surface area contributed by atoms with Gasteiger partial charge in [-0.1, -0.05) is 29.8 Å². The fourth-order valence-corrected chi connectivity index (χ4v) is 4.82. The van der Waals surface area contributed by atoms with Gasteiger partial charge in [0.05, 0.1) is 30.5 Å². The Bertz CT molecular complexity index is 1390. The van der Waals surface area contributed by atoms with Crippen LogP contribution in [0.4, 0.5) is 11.4 Å². The number of hydrogen-bond donors (Lipinski definition) is 1. The first kappa shape index (κ1) is 23.8. The van der Waals surface area contributed by atoms with Crippen molar-refractivity contribution in [2.24, 2.45) is 0 Å². The van der Waals surface area contributed by atoms with Gasteiger partial charge in [0.2, 0.25) is 0 Å². The van der Waals surface area contributed by atoms with Crippen molar-refractivity contribution in [2.75, 3.05) is 36.6 Å². The number of benzene rings is 3. The quantitative estimate of drug-likeness (QED) is 0.292. The van der Waals surface area contributed by atoms with Crippen LogP contribution in [0.5, 0.6) is 11.5 Å². The van der Waals surface area contributed by atoms with Gasteiger partial charge in [-0.3, -0.25) is 14.5 Å². The molecule has 1 atom stereocenters. The molecule has 0 spiro atoms. The van der Waals surface area contributed by atoms with Gasteiger partial charge in [0.25, 0.3) is 11.7 Å². The lowest BCUT2D eigenvalue weighted by Gasteiger charge is -2.28. The predicted molar refractivity (Wildman–Crippen MR) is 139 cm³/mol. The van der Waals surface area contributed by atoms with Crippen molar-refractivity contribution in [1.29, 1.82) is 0 Å². The molecule has 0 bridgehead atoms. The number of halogens is 1. The Labute approximate surface area is 214 Å². The van der Waals surface area contributed by atoms with Crippen molar-refractivity contribution >= 4 is 40.4 Å². The van der Waals surface area contributed by atoms with Crippen molar-refractivity contribution in [3.63, 3.8) is 0 Å². The third-order valence-electron chi connectivity index (χ3n) is 6.34. The normalized spacial score (nSPS) is 18.7. The Kier molecular flexibility index (Phi) is 6.33. The molecular weight excluding hydrogens is 480 g/mol. The van der Waals surface area contributed by atoms with Gasteiger partial charge in [0.15, 0.2) is 0 Å². The number of carbonyl (C=O) groups excluding carboxylic acids is 2. The summed E-state index contributed by atoms with van der Waals surface area (Å²) in [6, 6.07) is 18.3. The van der Waals surface area contributed by atoms with Crippen LogP contribution in [0.15, 0.2) is 72.3 Å². The number of anilines is 2. The van der Waals surface area contributed by atoms with Gasteiger partial charge in [0.1, 0.15) is 23.9 Å². The first-order valence-corrected chi connectivity index (χ1v) is 12.0. The smallest absolute Gasteiger partial charge is 0.300 e. The summed E-state index contributed by atoms with van der Waals surface area (Å²) in [6.07, 6.45) is 0.